The second-order valence-electron chi connectivity index (χ2n) is 6.08. The van der Waals surface area contributed by atoms with Gasteiger partial charge in [0.05, 0.1) is 10.5 Å². The first-order valence-electron chi connectivity index (χ1n) is 6.45. The molecule has 0 radical (unpaired) electrons. The minimum absolute atomic E-state index is 0.0689. The summed E-state index contributed by atoms with van der Waals surface area (Å²) in [6, 6.07) is 4.62. The van der Waals surface area contributed by atoms with Crippen LogP contribution >= 0.6 is 10.7 Å². The van der Waals surface area contributed by atoms with Crippen molar-refractivity contribution in [3.63, 3.8) is 0 Å². The van der Waals surface area contributed by atoms with Crippen LogP contribution in [-0.2, 0) is 9.05 Å². The molecule has 1 aromatic carbocycles. The molecule has 1 aliphatic heterocycles. The van der Waals surface area contributed by atoms with Crippen LogP contribution in [0.25, 0.3) is 0 Å². The van der Waals surface area contributed by atoms with Gasteiger partial charge in [0.25, 0.3) is 15.0 Å². The summed E-state index contributed by atoms with van der Waals surface area (Å²) in [6.07, 6.45) is 0.910. The average molecular weight is 316 g/mol. The van der Waals surface area contributed by atoms with Crippen LogP contribution in [0.2, 0.25) is 0 Å². The van der Waals surface area contributed by atoms with E-state index in [0.717, 1.165) is 12.0 Å². The van der Waals surface area contributed by atoms with E-state index in [-0.39, 0.29) is 21.8 Å². The van der Waals surface area contributed by atoms with Crippen LogP contribution in [0.15, 0.2) is 23.1 Å². The minimum atomic E-state index is -3.93. The van der Waals surface area contributed by atoms with Crippen LogP contribution in [0.1, 0.15) is 36.2 Å². The Morgan fingerprint density at radius 3 is 2.50 bits per heavy atom. The van der Waals surface area contributed by atoms with Crippen LogP contribution in [0.3, 0.4) is 0 Å². The highest BCUT2D eigenvalue weighted by atomic mass is 35.7. The van der Waals surface area contributed by atoms with Gasteiger partial charge in [-0.3, -0.25) is 4.79 Å². The summed E-state index contributed by atoms with van der Waals surface area (Å²) in [4.78, 5) is 14.1. The molecule has 0 spiro atoms. The van der Waals surface area contributed by atoms with Gasteiger partial charge in [0.2, 0.25) is 0 Å². The number of hydrogen-bond acceptors (Lipinski definition) is 3. The Labute approximate surface area is 124 Å². The van der Waals surface area contributed by atoms with Gasteiger partial charge in [0.1, 0.15) is 0 Å². The first-order valence-corrected chi connectivity index (χ1v) is 8.76. The normalized spacial score (nSPS) is 18.3. The topological polar surface area (TPSA) is 54.5 Å². The molecule has 20 heavy (non-hydrogen) atoms. The number of amides is 1. The van der Waals surface area contributed by atoms with Crippen LogP contribution < -0.4 is 0 Å². The highest BCUT2D eigenvalue weighted by Crippen LogP contribution is 2.31. The van der Waals surface area contributed by atoms with Gasteiger partial charge in [-0.15, -0.1) is 0 Å². The van der Waals surface area contributed by atoms with Crippen molar-refractivity contribution in [3.05, 3.63) is 29.3 Å². The van der Waals surface area contributed by atoms with Gasteiger partial charge in [-0.05, 0) is 30.9 Å². The lowest BCUT2D eigenvalue weighted by Gasteiger charge is -2.20. The van der Waals surface area contributed by atoms with Crippen molar-refractivity contribution in [2.75, 3.05) is 13.1 Å². The van der Waals surface area contributed by atoms with Gasteiger partial charge in [0.15, 0.2) is 0 Å². The predicted molar refractivity (Wildman–Crippen MR) is 78.5 cm³/mol. The van der Waals surface area contributed by atoms with Crippen LogP contribution in [0, 0.1) is 12.3 Å². The Morgan fingerprint density at radius 1 is 1.35 bits per heavy atom. The Bertz CT molecular complexity index is 652. The number of benzene rings is 1. The Balaban J connectivity index is 2.42. The molecular weight excluding hydrogens is 298 g/mol. The van der Waals surface area contributed by atoms with E-state index < -0.39 is 9.05 Å². The highest BCUT2D eigenvalue weighted by Gasteiger charge is 2.34. The zero-order valence-electron chi connectivity index (χ0n) is 11.8. The second-order valence-corrected chi connectivity index (χ2v) is 8.61. The van der Waals surface area contributed by atoms with E-state index in [1.165, 1.54) is 6.07 Å². The molecule has 6 heteroatoms. The van der Waals surface area contributed by atoms with Crippen LogP contribution in [-0.4, -0.2) is 32.3 Å². The third-order valence-corrected chi connectivity index (χ3v) is 4.97. The summed E-state index contributed by atoms with van der Waals surface area (Å²) >= 11 is 0. The fourth-order valence-electron chi connectivity index (χ4n) is 2.48. The van der Waals surface area contributed by atoms with Gasteiger partial charge in [-0.25, -0.2) is 8.42 Å². The van der Waals surface area contributed by atoms with Crippen LogP contribution in [0.5, 0.6) is 0 Å². The van der Waals surface area contributed by atoms with Crippen molar-refractivity contribution < 1.29 is 13.2 Å². The minimum Gasteiger partial charge on any atom is -0.338 e. The van der Waals surface area contributed by atoms with Crippen molar-refractivity contribution in [1.29, 1.82) is 0 Å². The first kappa shape index (κ1) is 15.3. The monoisotopic (exact) mass is 315 g/mol. The van der Waals surface area contributed by atoms with E-state index in [1.807, 2.05) is 6.92 Å². The third kappa shape index (κ3) is 3.15. The average Bonchev–Trinajstić information content (AvgIpc) is 2.67. The lowest BCUT2D eigenvalue weighted by Crippen LogP contribution is -2.31. The number of nitrogens with zero attached hydrogens (tertiary/aromatic N) is 1. The molecule has 0 N–H and O–H groups in total. The maximum atomic E-state index is 12.6. The maximum Gasteiger partial charge on any atom is 0.262 e. The van der Waals surface area contributed by atoms with Gasteiger partial charge in [-0.2, -0.15) is 0 Å². The molecule has 1 aromatic rings. The summed E-state index contributed by atoms with van der Waals surface area (Å²) in [5, 5.41) is 0. The molecule has 4 nitrogen and oxygen atoms in total. The van der Waals surface area contributed by atoms with Gasteiger partial charge >= 0.3 is 0 Å². The highest BCUT2D eigenvalue weighted by molar-refractivity contribution is 8.13. The summed E-state index contributed by atoms with van der Waals surface area (Å²) in [5.74, 6) is -0.265. The molecule has 1 fully saturated rings. The molecular formula is C14H18ClNO3S. The fourth-order valence-corrected chi connectivity index (χ4v) is 3.52. The Hall–Kier alpha value is -1.07. The molecule has 110 valence electrons. The Kier molecular flexibility index (Phi) is 3.86. The number of likely N-dealkylation sites (tertiary alicyclic amines) is 1. The smallest absolute Gasteiger partial charge is 0.262 e. The number of halogens is 1. The molecule has 1 aliphatic rings. The van der Waals surface area contributed by atoms with E-state index in [4.69, 9.17) is 10.7 Å². The standard InChI is InChI=1S/C14H18ClNO3S/c1-10-4-5-12(20(15,18)19)11(8-10)13(17)16-7-6-14(2,3)9-16/h4-5,8H,6-7,9H2,1-3H3. The van der Waals surface area contributed by atoms with E-state index in [9.17, 15) is 13.2 Å². The van der Waals surface area contributed by atoms with Crippen LogP contribution in [0.4, 0.5) is 0 Å². The molecule has 0 unspecified atom stereocenters. The van der Waals surface area contributed by atoms with Gasteiger partial charge in [0, 0.05) is 23.8 Å². The van der Waals surface area contributed by atoms with Crippen molar-refractivity contribution >= 4 is 25.6 Å². The number of aryl methyl sites for hydroxylation is 1. The molecule has 0 atom stereocenters. The number of carbonyl (C=O) groups is 1. The molecule has 1 saturated heterocycles. The van der Waals surface area contributed by atoms with Crippen molar-refractivity contribution in [3.8, 4) is 0 Å². The summed E-state index contributed by atoms with van der Waals surface area (Å²) in [5.41, 5.74) is 1.06. The number of hydrogen-bond donors (Lipinski definition) is 0. The molecule has 0 aliphatic carbocycles. The number of carbonyl (C=O) groups excluding carboxylic acids is 1. The fraction of sp³-hybridized carbons (Fsp3) is 0.500. The summed E-state index contributed by atoms with van der Waals surface area (Å²) in [6.45, 7) is 7.27. The molecule has 0 bridgehead atoms. The molecule has 1 amide bonds. The lowest BCUT2D eigenvalue weighted by atomic mass is 9.93. The maximum absolute atomic E-state index is 12.6. The van der Waals surface area contributed by atoms with Gasteiger partial charge in [-0.1, -0.05) is 25.5 Å². The predicted octanol–water partition coefficient (Wildman–Crippen LogP) is 2.79. The third-order valence-electron chi connectivity index (χ3n) is 3.59. The van der Waals surface area contributed by atoms with E-state index in [1.54, 1.807) is 17.0 Å². The quantitative estimate of drug-likeness (QED) is 0.789. The Morgan fingerprint density at radius 2 is 2.00 bits per heavy atom. The van der Waals surface area contributed by atoms with E-state index in [0.29, 0.717) is 13.1 Å². The zero-order valence-corrected chi connectivity index (χ0v) is 13.4. The zero-order chi connectivity index (χ0) is 15.1. The summed E-state index contributed by atoms with van der Waals surface area (Å²) < 4.78 is 23.2. The van der Waals surface area contributed by atoms with E-state index in [2.05, 4.69) is 13.8 Å². The van der Waals surface area contributed by atoms with Crippen molar-refractivity contribution in [2.24, 2.45) is 5.41 Å². The second kappa shape index (κ2) is 5.04. The molecule has 0 saturated carbocycles. The molecule has 0 aromatic heterocycles. The van der Waals surface area contributed by atoms with Crippen molar-refractivity contribution in [2.45, 2.75) is 32.1 Å². The number of rotatable bonds is 2. The molecule has 2 rings (SSSR count). The SMILES string of the molecule is Cc1ccc(S(=O)(=O)Cl)c(C(=O)N2CCC(C)(C)C2)c1. The van der Waals surface area contributed by atoms with Gasteiger partial charge < -0.3 is 4.90 Å². The first-order chi connectivity index (χ1) is 9.10. The molecule has 1 heterocycles. The lowest BCUT2D eigenvalue weighted by molar-refractivity contribution is 0.0774. The summed E-state index contributed by atoms with van der Waals surface area (Å²) in [7, 11) is 1.50. The largest absolute Gasteiger partial charge is 0.338 e. The van der Waals surface area contributed by atoms with Crippen molar-refractivity contribution in [1.82, 2.24) is 4.90 Å². The van der Waals surface area contributed by atoms with E-state index >= 15 is 0 Å².